The van der Waals surface area contributed by atoms with E-state index in [1.54, 1.807) is 12.1 Å². The molecule has 2 aromatic carbocycles. The van der Waals surface area contributed by atoms with Crippen molar-refractivity contribution in [1.29, 1.82) is 0 Å². The largest absolute Gasteiger partial charge is 0.496 e. The minimum absolute atomic E-state index is 0.381. The first-order chi connectivity index (χ1) is 14.1. The summed E-state index contributed by atoms with van der Waals surface area (Å²) in [5.74, 6) is 1.57. The van der Waals surface area contributed by atoms with Crippen molar-refractivity contribution in [2.24, 2.45) is 4.99 Å². The summed E-state index contributed by atoms with van der Waals surface area (Å²) in [5, 5.41) is 6.55. The maximum absolute atomic E-state index is 12.0. The van der Waals surface area contributed by atoms with Crippen LogP contribution in [0.1, 0.15) is 35.3 Å². The molecule has 2 rings (SSSR count). The number of ether oxygens (including phenoxy) is 3. The van der Waals surface area contributed by atoms with E-state index in [2.05, 4.69) is 15.6 Å². The third kappa shape index (κ3) is 6.41. The zero-order chi connectivity index (χ0) is 21.1. The number of carbonyl (C=O) groups excluding carboxylic acids is 1. The maximum atomic E-state index is 12.0. The molecule has 29 heavy (non-hydrogen) atoms. The lowest BCUT2D eigenvalue weighted by Crippen LogP contribution is -2.36. The van der Waals surface area contributed by atoms with Crippen LogP contribution in [0.2, 0.25) is 0 Å². The van der Waals surface area contributed by atoms with Crippen molar-refractivity contribution >= 4 is 11.9 Å². The first-order valence-electron chi connectivity index (χ1n) is 9.61. The van der Waals surface area contributed by atoms with E-state index in [4.69, 9.17) is 14.2 Å². The number of esters is 1. The predicted octanol–water partition coefficient (Wildman–Crippen LogP) is 3.14. The number of aliphatic imine (C=N–C) groups is 1. The van der Waals surface area contributed by atoms with E-state index >= 15 is 0 Å². The third-order valence-corrected chi connectivity index (χ3v) is 4.15. The number of hydrogen-bond acceptors (Lipinski definition) is 5. The molecule has 0 saturated carbocycles. The van der Waals surface area contributed by atoms with Crippen LogP contribution in [0.5, 0.6) is 11.5 Å². The number of hydrogen-bond donors (Lipinski definition) is 2. The van der Waals surface area contributed by atoms with Gasteiger partial charge < -0.3 is 24.8 Å². The smallest absolute Gasteiger partial charge is 0.341 e. The molecular formula is C22H29N3O4. The number of carbonyl (C=O) groups is 1. The summed E-state index contributed by atoms with van der Waals surface area (Å²) in [5.41, 5.74) is 2.31. The van der Waals surface area contributed by atoms with Gasteiger partial charge in [0, 0.05) is 18.7 Å². The summed E-state index contributed by atoms with van der Waals surface area (Å²) < 4.78 is 15.7. The molecular weight excluding hydrogens is 370 g/mol. The summed E-state index contributed by atoms with van der Waals surface area (Å²) in [6.07, 6.45) is 0. The van der Waals surface area contributed by atoms with Crippen LogP contribution in [-0.4, -0.2) is 39.3 Å². The zero-order valence-corrected chi connectivity index (χ0v) is 17.5. The SMILES string of the molecule is CCNC(=NCc1ccc(OC)c(C(=O)OC)c1)NCc1ccccc1OCC. The molecule has 156 valence electrons. The van der Waals surface area contributed by atoms with Gasteiger partial charge in [-0.1, -0.05) is 24.3 Å². The van der Waals surface area contributed by atoms with Crippen molar-refractivity contribution in [2.45, 2.75) is 26.9 Å². The Balaban J connectivity index is 2.12. The molecule has 7 heteroatoms. The summed E-state index contributed by atoms with van der Waals surface area (Å²) in [4.78, 5) is 16.6. The molecule has 0 amide bonds. The fourth-order valence-corrected chi connectivity index (χ4v) is 2.76. The number of methoxy groups -OCH3 is 2. The molecule has 0 bridgehead atoms. The average molecular weight is 399 g/mol. The minimum atomic E-state index is -0.440. The van der Waals surface area contributed by atoms with Gasteiger partial charge in [0.25, 0.3) is 0 Å². The fourth-order valence-electron chi connectivity index (χ4n) is 2.76. The van der Waals surface area contributed by atoms with Crippen LogP contribution in [0.15, 0.2) is 47.5 Å². The van der Waals surface area contributed by atoms with Crippen LogP contribution in [0, 0.1) is 0 Å². The molecule has 7 nitrogen and oxygen atoms in total. The van der Waals surface area contributed by atoms with Crippen LogP contribution in [0.4, 0.5) is 0 Å². The average Bonchev–Trinajstić information content (AvgIpc) is 2.76. The highest BCUT2D eigenvalue weighted by molar-refractivity contribution is 5.92. The zero-order valence-electron chi connectivity index (χ0n) is 17.5. The van der Waals surface area contributed by atoms with E-state index in [1.165, 1.54) is 14.2 Å². The molecule has 0 fully saturated rings. The second kappa shape index (κ2) is 11.6. The Morgan fingerprint density at radius 3 is 2.52 bits per heavy atom. The van der Waals surface area contributed by atoms with Crippen molar-refractivity contribution in [2.75, 3.05) is 27.4 Å². The molecule has 0 atom stereocenters. The Morgan fingerprint density at radius 1 is 1.03 bits per heavy atom. The van der Waals surface area contributed by atoms with Crippen LogP contribution in [-0.2, 0) is 17.8 Å². The quantitative estimate of drug-likeness (QED) is 0.383. The van der Waals surface area contributed by atoms with Crippen molar-refractivity contribution in [3.05, 3.63) is 59.2 Å². The fraction of sp³-hybridized carbons (Fsp3) is 0.364. The molecule has 0 heterocycles. The monoisotopic (exact) mass is 399 g/mol. The lowest BCUT2D eigenvalue weighted by molar-refractivity contribution is 0.0597. The molecule has 0 aliphatic heterocycles. The first-order valence-corrected chi connectivity index (χ1v) is 9.61. The minimum Gasteiger partial charge on any atom is -0.496 e. The van der Waals surface area contributed by atoms with E-state index in [9.17, 15) is 4.79 Å². The first kappa shape index (κ1) is 22.1. The molecule has 0 radical (unpaired) electrons. The van der Waals surface area contributed by atoms with Crippen LogP contribution in [0.25, 0.3) is 0 Å². The Kier molecular flexibility index (Phi) is 8.82. The molecule has 0 unspecified atom stereocenters. The molecule has 2 aromatic rings. The van der Waals surface area contributed by atoms with Crippen LogP contribution < -0.4 is 20.1 Å². The Bertz CT molecular complexity index is 837. The van der Waals surface area contributed by atoms with Crippen LogP contribution >= 0.6 is 0 Å². The van der Waals surface area contributed by atoms with Gasteiger partial charge >= 0.3 is 5.97 Å². The molecule has 0 aromatic heterocycles. The molecule has 0 aliphatic rings. The Morgan fingerprint density at radius 2 is 1.83 bits per heavy atom. The van der Waals surface area contributed by atoms with Gasteiger partial charge in [-0.05, 0) is 37.6 Å². The summed E-state index contributed by atoms with van der Waals surface area (Å²) in [7, 11) is 2.87. The predicted molar refractivity (Wildman–Crippen MR) is 114 cm³/mol. The van der Waals surface area contributed by atoms with Gasteiger partial charge in [0.05, 0.1) is 27.4 Å². The summed E-state index contributed by atoms with van der Waals surface area (Å²) in [6, 6.07) is 13.3. The van der Waals surface area contributed by atoms with Gasteiger partial charge in [-0.15, -0.1) is 0 Å². The second-order valence-electron chi connectivity index (χ2n) is 6.12. The van der Waals surface area contributed by atoms with Crippen molar-refractivity contribution in [3.8, 4) is 11.5 Å². The second-order valence-corrected chi connectivity index (χ2v) is 6.12. The van der Waals surface area contributed by atoms with E-state index in [1.807, 2.05) is 44.2 Å². The lowest BCUT2D eigenvalue weighted by atomic mass is 10.1. The van der Waals surface area contributed by atoms with Gasteiger partial charge in [-0.25, -0.2) is 9.79 Å². The number of benzene rings is 2. The summed E-state index contributed by atoms with van der Waals surface area (Å²) >= 11 is 0. The molecule has 0 aliphatic carbocycles. The number of rotatable bonds is 9. The Labute approximate surface area is 172 Å². The normalized spacial score (nSPS) is 11.0. The van der Waals surface area contributed by atoms with Gasteiger partial charge in [0.2, 0.25) is 0 Å². The van der Waals surface area contributed by atoms with Crippen LogP contribution in [0.3, 0.4) is 0 Å². The lowest BCUT2D eigenvalue weighted by Gasteiger charge is -2.14. The maximum Gasteiger partial charge on any atom is 0.341 e. The van der Waals surface area contributed by atoms with Crippen molar-refractivity contribution in [1.82, 2.24) is 10.6 Å². The third-order valence-electron chi connectivity index (χ3n) is 4.15. The highest BCUT2D eigenvalue weighted by Crippen LogP contribution is 2.21. The topological polar surface area (TPSA) is 81.2 Å². The standard InChI is InChI=1S/C22H29N3O4/c1-5-23-22(25-15-17-9-7-8-10-19(17)29-6-2)24-14-16-11-12-20(27-3)18(13-16)21(26)28-4/h7-13H,5-6,14-15H2,1-4H3,(H2,23,24,25). The van der Waals surface area contributed by atoms with Gasteiger partial charge in [-0.3, -0.25) is 0 Å². The van der Waals surface area contributed by atoms with Gasteiger partial charge in [-0.2, -0.15) is 0 Å². The Hall–Kier alpha value is -3.22. The van der Waals surface area contributed by atoms with Gasteiger partial charge in [0.1, 0.15) is 17.1 Å². The number of guanidine groups is 1. The molecule has 2 N–H and O–H groups in total. The summed E-state index contributed by atoms with van der Waals surface area (Å²) in [6.45, 7) is 6.30. The number of nitrogens with one attached hydrogen (secondary N) is 2. The van der Waals surface area contributed by atoms with Crippen molar-refractivity contribution in [3.63, 3.8) is 0 Å². The molecule has 0 spiro atoms. The van der Waals surface area contributed by atoms with E-state index in [0.29, 0.717) is 37.0 Å². The van der Waals surface area contributed by atoms with Gasteiger partial charge in [0.15, 0.2) is 5.96 Å². The highest BCUT2D eigenvalue weighted by Gasteiger charge is 2.13. The van der Waals surface area contributed by atoms with E-state index < -0.39 is 5.97 Å². The molecule has 0 saturated heterocycles. The van der Waals surface area contributed by atoms with Crippen molar-refractivity contribution < 1.29 is 19.0 Å². The number of para-hydroxylation sites is 1. The van der Waals surface area contributed by atoms with E-state index in [0.717, 1.165) is 23.4 Å². The number of nitrogens with zero attached hydrogens (tertiary/aromatic N) is 1. The highest BCUT2D eigenvalue weighted by atomic mass is 16.5. The van der Waals surface area contributed by atoms with E-state index in [-0.39, 0.29) is 0 Å².